The van der Waals surface area contributed by atoms with Gasteiger partial charge in [-0.25, -0.2) is 0 Å². The lowest BCUT2D eigenvalue weighted by Gasteiger charge is -2.12. The van der Waals surface area contributed by atoms with Crippen LogP contribution < -0.4 is 5.32 Å². The van der Waals surface area contributed by atoms with Gasteiger partial charge in [0, 0.05) is 17.1 Å². The van der Waals surface area contributed by atoms with E-state index in [2.05, 4.69) is 10.5 Å². The van der Waals surface area contributed by atoms with Crippen molar-refractivity contribution >= 4 is 17.5 Å². The van der Waals surface area contributed by atoms with Gasteiger partial charge >= 0.3 is 0 Å². The number of hydrogen-bond donors (Lipinski definition) is 2. The second-order valence-electron chi connectivity index (χ2n) is 4.85. The van der Waals surface area contributed by atoms with Gasteiger partial charge in [-0.05, 0) is 31.5 Å². The molecule has 0 radical (unpaired) electrons. The van der Waals surface area contributed by atoms with E-state index in [0.29, 0.717) is 22.0 Å². The van der Waals surface area contributed by atoms with Gasteiger partial charge in [-0.2, -0.15) is 0 Å². The number of hydrogen-bond acceptors (Lipinski definition) is 4. The highest BCUT2D eigenvalue weighted by atomic mass is 35.5. The lowest BCUT2D eigenvalue weighted by Crippen LogP contribution is -2.29. The van der Waals surface area contributed by atoms with Crippen LogP contribution in [0, 0.1) is 13.8 Å². The maximum atomic E-state index is 11.9. The molecule has 1 aromatic carbocycles. The molecule has 1 heterocycles. The summed E-state index contributed by atoms with van der Waals surface area (Å²) in [6.45, 7) is 3.69. The molecule has 2 aromatic rings. The molecule has 112 valence electrons. The molecule has 0 unspecified atom stereocenters. The smallest absolute Gasteiger partial charge is 0.224 e. The van der Waals surface area contributed by atoms with Crippen LogP contribution in [0.3, 0.4) is 0 Å². The van der Waals surface area contributed by atoms with Gasteiger partial charge < -0.3 is 14.9 Å². The number of rotatable bonds is 5. The molecule has 0 saturated carbocycles. The van der Waals surface area contributed by atoms with Crippen LogP contribution in [0.4, 0.5) is 0 Å². The van der Waals surface area contributed by atoms with Crippen molar-refractivity contribution in [2.75, 3.05) is 6.54 Å². The van der Waals surface area contributed by atoms with Crippen molar-refractivity contribution in [1.29, 1.82) is 0 Å². The topological polar surface area (TPSA) is 75.4 Å². The molecule has 0 spiro atoms. The van der Waals surface area contributed by atoms with Crippen LogP contribution in [0.15, 0.2) is 28.8 Å². The summed E-state index contributed by atoms with van der Waals surface area (Å²) in [5.41, 5.74) is 2.16. The van der Waals surface area contributed by atoms with E-state index in [1.807, 2.05) is 0 Å². The van der Waals surface area contributed by atoms with Crippen molar-refractivity contribution in [3.63, 3.8) is 0 Å². The minimum atomic E-state index is -0.794. The fourth-order valence-electron chi connectivity index (χ4n) is 2.02. The van der Waals surface area contributed by atoms with Gasteiger partial charge in [0.15, 0.2) is 0 Å². The summed E-state index contributed by atoms with van der Waals surface area (Å²) >= 11 is 5.87. The van der Waals surface area contributed by atoms with E-state index in [1.54, 1.807) is 38.1 Å². The number of nitrogens with one attached hydrogen (secondary N) is 1. The molecule has 1 atom stereocenters. The molecule has 0 fully saturated rings. The Kier molecular flexibility index (Phi) is 4.98. The first kappa shape index (κ1) is 15.5. The van der Waals surface area contributed by atoms with E-state index in [0.717, 1.165) is 5.56 Å². The third-order valence-corrected chi connectivity index (χ3v) is 3.48. The number of aliphatic hydroxyl groups excluding tert-OH is 1. The second-order valence-corrected chi connectivity index (χ2v) is 5.29. The number of nitrogens with zero attached hydrogens (tertiary/aromatic N) is 1. The lowest BCUT2D eigenvalue weighted by atomic mass is 10.1. The zero-order valence-electron chi connectivity index (χ0n) is 11.9. The maximum absolute atomic E-state index is 11.9. The molecule has 0 aliphatic carbocycles. The predicted octanol–water partition coefficient (Wildman–Crippen LogP) is 2.34. The van der Waals surface area contributed by atoms with E-state index < -0.39 is 6.10 Å². The van der Waals surface area contributed by atoms with E-state index in [4.69, 9.17) is 16.1 Å². The Morgan fingerprint density at radius 2 is 2.24 bits per heavy atom. The van der Waals surface area contributed by atoms with Crippen LogP contribution in [0.1, 0.15) is 28.7 Å². The van der Waals surface area contributed by atoms with Crippen LogP contribution in [-0.4, -0.2) is 22.7 Å². The molecule has 0 bridgehead atoms. The van der Waals surface area contributed by atoms with Gasteiger partial charge in [0.2, 0.25) is 5.91 Å². The van der Waals surface area contributed by atoms with Crippen LogP contribution in [0.5, 0.6) is 0 Å². The summed E-state index contributed by atoms with van der Waals surface area (Å²) < 4.78 is 5.01. The molecule has 0 saturated heterocycles. The molecule has 0 aliphatic rings. The maximum Gasteiger partial charge on any atom is 0.224 e. The number of benzene rings is 1. The fraction of sp³-hybridized carbons (Fsp3) is 0.333. The lowest BCUT2D eigenvalue weighted by molar-refractivity contribution is -0.120. The summed E-state index contributed by atoms with van der Waals surface area (Å²) in [7, 11) is 0. The number of halogens is 1. The second kappa shape index (κ2) is 6.74. The summed E-state index contributed by atoms with van der Waals surface area (Å²) in [5, 5.41) is 17.1. The van der Waals surface area contributed by atoms with E-state index in [1.165, 1.54) is 0 Å². The quantitative estimate of drug-likeness (QED) is 0.889. The first-order chi connectivity index (χ1) is 9.97. The Morgan fingerprint density at radius 3 is 2.86 bits per heavy atom. The van der Waals surface area contributed by atoms with E-state index >= 15 is 0 Å². The zero-order chi connectivity index (χ0) is 15.4. The summed E-state index contributed by atoms with van der Waals surface area (Å²) in [4.78, 5) is 11.9. The third kappa shape index (κ3) is 4.06. The Morgan fingerprint density at radius 1 is 1.48 bits per heavy atom. The van der Waals surface area contributed by atoms with Crippen LogP contribution >= 0.6 is 11.6 Å². The average molecular weight is 309 g/mol. The zero-order valence-corrected chi connectivity index (χ0v) is 12.6. The van der Waals surface area contributed by atoms with Gasteiger partial charge in [-0.1, -0.05) is 28.9 Å². The van der Waals surface area contributed by atoms with Crippen LogP contribution in [0.25, 0.3) is 0 Å². The highest BCUT2D eigenvalue weighted by molar-refractivity contribution is 6.30. The van der Waals surface area contributed by atoms with Crippen molar-refractivity contribution in [3.05, 3.63) is 51.9 Å². The molecule has 2 rings (SSSR count). The predicted molar refractivity (Wildman–Crippen MR) is 79.1 cm³/mol. The Balaban J connectivity index is 1.89. The molecular formula is C15H17ClN2O3. The first-order valence-electron chi connectivity index (χ1n) is 6.59. The minimum absolute atomic E-state index is 0.128. The Labute approximate surface area is 127 Å². The molecule has 1 amide bonds. The van der Waals surface area contributed by atoms with Crippen molar-refractivity contribution in [2.24, 2.45) is 0 Å². The normalized spacial score (nSPS) is 12.2. The first-order valence-corrected chi connectivity index (χ1v) is 6.97. The van der Waals surface area contributed by atoms with Gasteiger partial charge in [-0.15, -0.1) is 0 Å². The van der Waals surface area contributed by atoms with Crippen molar-refractivity contribution in [1.82, 2.24) is 10.5 Å². The monoisotopic (exact) mass is 308 g/mol. The summed E-state index contributed by atoms with van der Waals surface area (Å²) in [6.07, 6.45) is -0.610. The summed E-state index contributed by atoms with van der Waals surface area (Å²) in [5.74, 6) is 0.448. The van der Waals surface area contributed by atoms with Gasteiger partial charge in [-0.3, -0.25) is 4.79 Å². The number of aliphatic hydroxyl groups is 1. The van der Waals surface area contributed by atoms with Gasteiger partial charge in [0.1, 0.15) is 5.76 Å². The standard InChI is InChI=1S/C15H17ClN2O3/c1-9-13(10(2)21-18-9)7-15(20)17-8-14(19)11-4-3-5-12(16)6-11/h3-6,14,19H,7-8H2,1-2H3,(H,17,20)/t14-/m0/s1. The van der Waals surface area contributed by atoms with E-state index in [9.17, 15) is 9.90 Å². The van der Waals surface area contributed by atoms with Gasteiger partial charge in [0.05, 0.1) is 18.2 Å². The van der Waals surface area contributed by atoms with Crippen LogP contribution in [0.2, 0.25) is 5.02 Å². The summed E-state index contributed by atoms with van der Waals surface area (Å²) in [6, 6.07) is 6.92. The number of aryl methyl sites for hydroxylation is 2. The SMILES string of the molecule is Cc1noc(C)c1CC(=O)NC[C@H](O)c1cccc(Cl)c1. The minimum Gasteiger partial charge on any atom is -0.387 e. The number of carbonyl (C=O) groups excluding carboxylic acids is 1. The van der Waals surface area contributed by atoms with E-state index in [-0.39, 0.29) is 18.9 Å². The fourth-order valence-corrected chi connectivity index (χ4v) is 2.22. The highest BCUT2D eigenvalue weighted by Crippen LogP contribution is 2.17. The Bertz CT molecular complexity index is 620. The van der Waals surface area contributed by atoms with Crippen molar-refractivity contribution in [3.8, 4) is 0 Å². The van der Waals surface area contributed by atoms with Crippen molar-refractivity contribution in [2.45, 2.75) is 26.4 Å². The largest absolute Gasteiger partial charge is 0.387 e. The molecule has 21 heavy (non-hydrogen) atoms. The molecule has 0 aliphatic heterocycles. The molecule has 5 nitrogen and oxygen atoms in total. The molecular weight excluding hydrogens is 292 g/mol. The van der Waals surface area contributed by atoms with Gasteiger partial charge in [0.25, 0.3) is 0 Å². The number of carbonyl (C=O) groups is 1. The molecule has 6 heteroatoms. The molecule has 1 aromatic heterocycles. The van der Waals surface area contributed by atoms with Crippen molar-refractivity contribution < 1.29 is 14.4 Å². The number of aromatic nitrogens is 1. The molecule has 2 N–H and O–H groups in total. The Hall–Kier alpha value is -1.85. The third-order valence-electron chi connectivity index (χ3n) is 3.24. The van der Waals surface area contributed by atoms with Crippen LogP contribution in [-0.2, 0) is 11.2 Å². The average Bonchev–Trinajstić information content (AvgIpc) is 2.76. The number of amides is 1. The highest BCUT2D eigenvalue weighted by Gasteiger charge is 2.15.